The van der Waals surface area contributed by atoms with Crippen LogP contribution in [-0.2, 0) is 0 Å². The lowest BCUT2D eigenvalue weighted by atomic mass is 9.67. The van der Waals surface area contributed by atoms with Gasteiger partial charge in [-0.2, -0.15) is 0 Å². The molecular formula is C19H22ClN3O2. The Kier molecular flexibility index (Phi) is 4.52. The second-order valence-corrected chi connectivity index (χ2v) is 7.70. The summed E-state index contributed by atoms with van der Waals surface area (Å²) in [7, 11) is 0. The monoisotopic (exact) mass is 359 g/mol. The molecule has 2 bridgehead atoms. The lowest BCUT2D eigenvalue weighted by molar-refractivity contribution is 0.0748. The molecule has 2 aliphatic carbocycles. The SMILES string of the molecule is NC1CC2CCCC(C1)C2NC(=O)c1cc(-c2ccc(Cl)cc2)on1. The molecule has 4 rings (SSSR count). The molecule has 6 heteroatoms. The minimum Gasteiger partial charge on any atom is -0.355 e. The van der Waals surface area contributed by atoms with Crippen LogP contribution < -0.4 is 11.1 Å². The van der Waals surface area contributed by atoms with Crippen LogP contribution >= 0.6 is 11.6 Å². The van der Waals surface area contributed by atoms with Gasteiger partial charge in [-0.15, -0.1) is 0 Å². The van der Waals surface area contributed by atoms with Crippen LogP contribution in [0.5, 0.6) is 0 Å². The van der Waals surface area contributed by atoms with Crippen molar-refractivity contribution in [3.63, 3.8) is 0 Å². The number of fused-ring (bicyclic) bond motifs is 2. The van der Waals surface area contributed by atoms with Crippen molar-refractivity contribution in [1.29, 1.82) is 0 Å². The molecule has 25 heavy (non-hydrogen) atoms. The van der Waals surface area contributed by atoms with E-state index in [1.165, 1.54) is 6.42 Å². The highest BCUT2D eigenvalue weighted by molar-refractivity contribution is 6.30. The molecular weight excluding hydrogens is 338 g/mol. The molecule has 2 aliphatic rings. The number of hydrogen-bond acceptors (Lipinski definition) is 4. The highest BCUT2D eigenvalue weighted by Crippen LogP contribution is 2.39. The maximum atomic E-state index is 12.6. The van der Waals surface area contributed by atoms with E-state index in [1.807, 2.05) is 12.1 Å². The first-order valence-electron chi connectivity index (χ1n) is 8.89. The molecule has 0 aliphatic heterocycles. The van der Waals surface area contributed by atoms with E-state index in [9.17, 15) is 4.79 Å². The van der Waals surface area contributed by atoms with E-state index in [4.69, 9.17) is 21.9 Å². The highest BCUT2D eigenvalue weighted by Gasteiger charge is 2.40. The van der Waals surface area contributed by atoms with Gasteiger partial charge in [-0.1, -0.05) is 23.2 Å². The average molecular weight is 360 g/mol. The predicted octanol–water partition coefficient (Wildman–Crippen LogP) is 3.63. The Labute approximate surface area is 151 Å². The van der Waals surface area contributed by atoms with Crippen LogP contribution in [0.3, 0.4) is 0 Å². The average Bonchev–Trinajstić information content (AvgIpc) is 3.06. The topological polar surface area (TPSA) is 81.1 Å². The molecule has 2 saturated carbocycles. The van der Waals surface area contributed by atoms with Gasteiger partial charge >= 0.3 is 0 Å². The summed E-state index contributed by atoms with van der Waals surface area (Å²) >= 11 is 5.90. The summed E-state index contributed by atoms with van der Waals surface area (Å²) in [4.78, 5) is 12.6. The van der Waals surface area contributed by atoms with E-state index in [2.05, 4.69) is 10.5 Å². The van der Waals surface area contributed by atoms with Crippen LogP contribution in [0.1, 0.15) is 42.6 Å². The second-order valence-electron chi connectivity index (χ2n) is 7.27. The Bertz CT molecular complexity index is 744. The van der Waals surface area contributed by atoms with Crippen molar-refractivity contribution in [3.05, 3.63) is 41.0 Å². The third kappa shape index (κ3) is 3.44. The second kappa shape index (κ2) is 6.81. The fourth-order valence-corrected chi connectivity index (χ4v) is 4.51. The summed E-state index contributed by atoms with van der Waals surface area (Å²) in [6.45, 7) is 0. The van der Waals surface area contributed by atoms with Gasteiger partial charge in [0.15, 0.2) is 11.5 Å². The number of carbonyl (C=O) groups is 1. The summed E-state index contributed by atoms with van der Waals surface area (Å²) in [5.74, 6) is 1.36. The van der Waals surface area contributed by atoms with E-state index < -0.39 is 0 Å². The summed E-state index contributed by atoms with van der Waals surface area (Å²) < 4.78 is 5.34. The van der Waals surface area contributed by atoms with Crippen molar-refractivity contribution in [1.82, 2.24) is 10.5 Å². The molecule has 1 aromatic heterocycles. The molecule has 2 atom stereocenters. The molecule has 2 unspecified atom stereocenters. The molecule has 2 fully saturated rings. The van der Waals surface area contributed by atoms with Gasteiger partial charge in [0.1, 0.15) is 0 Å². The van der Waals surface area contributed by atoms with Crippen molar-refractivity contribution in [2.24, 2.45) is 17.6 Å². The number of nitrogens with one attached hydrogen (secondary N) is 1. The first-order chi connectivity index (χ1) is 12.1. The Morgan fingerprint density at radius 1 is 1.20 bits per heavy atom. The number of amides is 1. The standard InChI is InChI=1S/C19H22ClN3O2/c20-14-6-4-11(5-7-14)17-10-16(23-25-17)19(24)22-18-12-2-1-3-13(18)9-15(21)8-12/h4-7,10,12-13,15,18H,1-3,8-9,21H2,(H,22,24). The van der Waals surface area contributed by atoms with Gasteiger partial charge in [0, 0.05) is 28.7 Å². The van der Waals surface area contributed by atoms with Gasteiger partial charge in [-0.25, -0.2) is 0 Å². The third-order valence-electron chi connectivity index (χ3n) is 5.55. The van der Waals surface area contributed by atoms with Crippen molar-refractivity contribution in [2.75, 3.05) is 0 Å². The number of halogens is 1. The number of aromatic nitrogens is 1. The minimum atomic E-state index is -0.165. The number of carbonyl (C=O) groups excluding carboxylic acids is 1. The first kappa shape index (κ1) is 16.6. The molecule has 5 nitrogen and oxygen atoms in total. The Morgan fingerprint density at radius 2 is 1.88 bits per heavy atom. The molecule has 1 aromatic carbocycles. The van der Waals surface area contributed by atoms with Gasteiger partial charge in [0.05, 0.1) is 0 Å². The number of rotatable bonds is 3. The van der Waals surface area contributed by atoms with E-state index in [0.29, 0.717) is 28.3 Å². The zero-order chi connectivity index (χ0) is 17.4. The number of benzene rings is 1. The van der Waals surface area contributed by atoms with Crippen molar-refractivity contribution >= 4 is 17.5 Å². The van der Waals surface area contributed by atoms with Gasteiger partial charge in [-0.05, 0) is 61.8 Å². The lowest BCUT2D eigenvalue weighted by Crippen LogP contribution is -2.53. The van der Waals surface area contributed by atoms with Crippen molar-refractivity contribution in [3.8, 4) is 11.3 Å². The zero-order valence-electron chi connectivity index (χ0n) is 14.0. The molecule has 0 saturated heterocycles. The van der Waals surface area contributed by atoms with E-state index in [1.54, 1.807) is 18.2 Å². The minimum absolute atomic E-state index is 0.165. The molecule has 3 N–H and O–H groups in total. The number of nitrogens with zero attached hydrogens (tertiary/aromatic N) is 1. The van der Waals surface area contributed by atoms with Crippen LogP contribution in [0.15, 0.2) is 34.9 Å². The summed E-state index contributed by atoms with van der Waals surface area (Å²) in [5, 5.41) is 7.79. The van der Waals surface area contributed by atoms with Crippen LogP contribution in [-0.4, -0.2) is 23.1 Å². The van der Waals surface area contributed by atoms with E-state index in [0.717, 1.165) is 31.2 Å². The summed E-state index contributed by atoms with van der Waals surface area (Å²) in [6, 6.07) is 9.42. The van der Waals surface area contributed by atoms with Crippen LogP contribution in [0.25, 0.3) is 11.3 Å². The van der Waals surface area contributed by atoms with Crippen LogP contribution in [0, 0.1) is 11.8 Å². The third-order valence-corrected chi connectivity index (χ3v) is 5.80. The Hall–Kier alpha value is -1.85. The first-order valence-corrected chi connectivity index (χ1v) is 9.27. The molecule has 132 valence electrons. The highest BCUT2D eigenvalue weighted by atomic mass is 35.5. The van der Waals surface area contributed by atoms with E-state index >= 15 is 0 Å². The van der Waals surface area contributed by atoms with Crippen LogP contribution in [0.4, 0.5) is 0 Å². The molecule has 1 heterocycles. The maximum absolute atomic E-state index is 12.6. The largest absolute Gasteiger partial charge is 0.355 e. The van der Waals surface area contributed by atoms with Crippen molar-refractivity contribution < 1.29 is 9.32 Å². The maximum Gasteiger partial charge on any atom is 0.273 e. The number of hydrogen-bond donors (Lipinski definition) is 2. The molecule has 2 aromatic rings. The summed E-state index contributed by atoms with van der Waals surface area (Å²) in [6.07, 6.45) is 5.51. The predicted molar refractivity (Wildman–Crippen MR) is 96.2 cm³/mol. The quantitative estimate of drug-likeness (QED) is 0.876. The zero-order valence-corrected chi connectivity index (χ0v) is 14.7. The van der Waals surface area contributed by atoms with Gasteiger partial charge in [0.25, 0.3) is 5.91 Å². The normalized spacial score (nSPS) is 28.6. The number of nitrogens with two attached hydrogens (primary N) is 1. The van der Waals surface area contributed by atoms with Crippen LogP contribution in [0.2, 0.25) is 5.02 Å². The fraction of sp³-hybridized carbons (Fsp3) is 0.474. The Morgan fingerprint density at radius 3 is 2.56 bits per heavy atom. The van der Waals surface area contributed by atoms with E-state index in [-0.39, 0.29) is 18.0 Å². The van der Waals surface area contributed by atoms with Gasteiger partial charge in [0.2, 0.25) is 0 Å². The van der Waals surface area contributed by atoms with Gasteiger partial charge in [-0.3, -0.25) is 4.79 Å². The Balaban J connectivity index is 1.47. The summed E-state index contributed by atoms with van der Waals surface area (Å²) in [5.41, 5.74) is 7.32. The fourth-order valence-electron chi connectivity index (χ4n) is 4.38. The van der Waals surface area contributed by atoms with Crippen molar-refractivity contribution in [2.45, 2.75) is 44.2 Å². The smallest absolute Gasteiger partial charge is 0.273 e. The van der Waals surface area contributed by atoms with Gasteiger partial charge < -0.3 is 15.6 Å². The molecule has 0 spiro atoms. The molecule has 1 amide bonds. The lowest BCUT2D eigenvalue weighted by Gasteiger charge is -2.45. The molecule has 0 radical (unpaired) electrons.